The summed E-state index contributed by atoms with van der Waals surface area (Å²) in [7, 11) is 1.50. The van der Waals surface area contributed by atoms with Crippen molar-refractivity contribution in [3.8, 4) is 0 Å². The summed E-state index contributed by atoms with van der Waals surface area (Å²) in [6.45, 7) is 3.89. The summed E-state index contributed by atoms with van der Waals surface area (Å²) in [6.07, 6.45) is 1.43. The molecular weight excluding hydrogens is 276 g/mol. The molecule has 8 nitrogen and oxygen atoms in total. The van der Waals surface area contributed by atoms with Gasteiger partial charge in [-0.25, -0.2) is 4.98 Å². The molecule has 0 bridgehead atoms. The SMILES string of the molecule is CNc1nccc(C(=O)NC[C@H](C)C[C@@H](C)O)c1[N+](=O)[O-]. The molecule has 0 saturated heterocycles. The minimum atomic E-state index is -0.632. The minimum absolute atomic E-state index is 0.0383. The van der Waals surface area contributed by atoms with Crippen molar-refractivity contribution < 1.29 is 14.8 Å². The quantitative estimate of drug-likeness (QED) is 0.513. The number of carbonyl (C=O) groups excluding carboxylic acids is 1. The molecule has 2 atom stereocenters. The van der Waals surface area contributed by atoms with E-state index in [1.54, 1.807) is 6.92 Å². The normalized spacial score (nSPS) is 13.3. The van der Waals surface area contributed by atoms with Gasteiger partial charge in [-0.05, 0) is 25.3 Å². The molecule has 0 saturated carbocycles. The lowest BCUT2D eigenvalue weighted by atomic mass is 10.0. The largest absolute Gasteiger partial charge is 0.393 e. The van der Waals surface area contributed by atoms with E-state index in [0.29, 0.717) is 13.0 Å². The van der Waals surface area contributed by atoms with Crippen LogP contribution in [0.3, 0.4) is 0 Å². The molecule has 1 rings (SSSR count). The Morgan fingerprint density at radius 3 is 2.71 bits per heavy atom. The number of anilines is 1. The molecule has 8 heteroatoms. The number of aliphatic hydroxyl groups excluding tert-OH is 1. The molecule has 0 aromatic carbocycles. The van der Waals surface area contributed by atoms with Crippen molar-refractivity contribution in [1.29, 1.82) is 0 Å². The average Bonchev–Trinajstić information content (AvgIpc) is 2.42. The van der Waals surface area contributed by atoms with Crippen LogP contribution in [-0.4, -0.2) is 40.6 Å². The number of aromatic nitrogens is 1. The Kier molecular flexibility index (Phi) is 6.04. The van der Waals surface area contributed by atoms with E-state index in [2.05, 4.69) is 15.6 Å². The second-order valence-electron chi connectivity index (χ2n) is 4.96. The fourth-order valence-electron chi connectivity index (χ4n) is 2.03. The van der Waals surface area contributed by atoms with Gasteiger partial charge < -0.3 is 15.7 Å². The number of nitrogens with one attached hydrogen (secondary N) is 2. The Morgan fingerprint density at radius 1 is 1.52 bits per heavy atom. The first kappa shape index (κ1) is 16.8. The van der Waals surface area contributed by atoms with Gasteiger partial charge in [-0.15, -0.1) is 0 Å². The van der Waals surface area contributed by atoms with E-state index in [9.17, 15) is 20.0 Å². The van der Waals surface area contributed by atoms with Crippen molar-refractivity contribution in [2.24, 2.45) is 5.92 Å². The molecule has 0 radical (unpaired) electrons. The van der Waals surface area contributed by atoms with Gasteiger partial charge in [-0.3, -0.25) is 14.9 Å². The molecule has 1 amide bonds. The molecule has 0 unspecified atom stereocenters. The average molecular weight is 296 g/mol. The first-order valence-corrected chi connectivity index (χ1v) is 6.64. The number of amides is 1. The standard InChI is InChI=1S/C13H20N4O4/c1-8(6-9(2)18)7-16-13(19)10-4-5-15-12(14-3)11(10)17(20)21/h4-5,8-9,18H,6-7H2,1-3H3,(H,14,15)(H,16,19)/t8-,9-/m1/s1. The molecule has 3 N–H and O–H groups in total. The fourth-order valence-corrected chi connectivity index (χ4v) is 2.03. The molecular formula is C13H20N4O4. The van der Waals surface area contributed by atoms with Crippen LogP contribution in [0.4, 0.5) is 11.5 Å². The van der Waals surface area contributed by atoms with Crippen molar-refractivity contribution >= 4 is 17.4 Å². The van der Waals surface area contributed by atoms with Gasteiger partial charge in [-0.1, -0.05) is 6.92 Å². The van der Waals surface area contributed by atoms with E-state index in [1.807, 2.05) is 6.92 Å². The molecule has 0 aliphatic rings. The summed E-state index contributed by atoms with van der Waals surface area (Å²) in [4.78, 5) is 26.4. The lowest BCUT2D eigenvalue weighted by molar-refractivity contribution is -0.384. The minimum Gasteiger partial charge on any atom is -0.393 e. The zero-order chi connectivity index (χ0) is 16.0. The van der Waals surface area contributed by atoms with Crippen LogP contribution < -0.4 is 10.6 Å². The van der Waals surface area contributed by atoms with Crippen LogP contribution in [0, 0.1) is 16.0 Å². The predicted molar refractivity (Wildman–Crippen MR) is 78.2 cm³/mol. The molecule has 0 spiro atoms. The Hall–Kier alpha value is -2.22. The number of hydrogen-bond acceptors (Lipinski definition) is 6. The number of hydrogen-bond donors (Lipinski definition) is 3. The lowest BCUT2D eigenvalue weighted by Crippen LogP contribution is -2.30. The zero-order valence-electron chi connectivity index (χ0n) is 12.3. The molecule has 0 aliphatic heterocycles. The van der Waals surface area contributed by atoms with Crippen LogP contribution in [0.25, 0.3) is 0 Å². The van der Waals surface area contributed by atoms with Crippen LogP contribution in [-0.2, 0) is 0 Å². The summed E-state index contributed by atoms with van der Waals surface area (Å²) in [6, 6.07) is 1.31. The maximum atomic E-state index is 12.1. The third-order valence-electron chi connectivity index (χ3n) is 2.94. The highest BCUT2D eigenvalue weighted by Crippen LogP contribution is 2.25. The van der Waals surface area contributed by atoms with E-state index in [1.165, 1.54) is 19.3 Å². The Balaban J connectivity index is 2.85. The highest BCUT2D eigenvalue weighted by Gasteiger charge is 2.25. The van der Waals surface area contributed by atoms with E-state index >= 15 is 0 Å². The van der Waals surface area contributed by atoms with Gasteiger partial charge in [0.25, 0.3) is 5.91 Å². The number of carbonyl (C=O) groups is 1. The van der Waals surface area contributed by atoms with Crippen molar-refractivity contribution in [3.05, 3.63) is 27.9 Å². The summed E-state index contributed by atoms with van der Waals surface area (Å²) in [5.74, 6) is -0.415. The molecule has 1 aromatic rings. The molecule has 1 heterocycles. The lowest BCUT2D eigenvalue weighted by Gasteiger charge is -2.14. The number of nitrogens with zero attached hydrogens (tertiary/aromatic N) is 2. The maximum absolute atomic E-state index is 12.1. The van der Waals surface area contributed by atoms with Crippen molar-refractivity contribution in [2.45, 2.75) is 26.4 Å². The van der Waals surface area contributed by atoms with Crippen molar-refractivity contribution in [3.63, 3.8) is 0 Å². The number of pyridine rings is 1. The van der Waals surface area contributed by atoms with Crippen LogP contribution in [0.5, 0.6) is 0 Å². The fraction of sp³-hybridized carbons (Fsp3) is 0.538. The summed E-state index contributed by atoms with van der Waals surface area (Å²) in [5.41, 5.74) is -0.385. The van der Waals surface area contributed by atoms with Crippen LogP contribution in [0.2, 0.25) is 0 Å². The topological polar surface area (TPSA) is 117 Å². The highest BCUT2D eigenvalue weighted by molar-refractivity contribution is 5.99. The third kappa shape index (κ3) is 4.67. The van der Waals surface area contributed by atoms with Gasteiger partial charge in [0.2, 0.25) is 5.82 Å². The van der Waals surface area contributed by atoms with Crippen LogP contribution in [0.15, 0.2) is 12.3 Å². The third-order valence-corrected chi connectivity index (χ3v) is 2.94. The van der Waals surface area contributed by atoms with E-state index < -0.39 is 16.9 Å². The molecule has 0 aliphatic carbocycles. The second kappa shape index (κ2) is 7.53. The Bertz CT molecular complexity index is 519. The van der Waals surface area contributed by atoms with Crippen LogP contribution in [0.1, 0.15) is 30.6 Å². The van der Waals surface area contributed by atoms with Gasteiger partial charge in [0, 0.05) is 19.8 Å². The zero-order valence-corrected chi connectivity index (χ0v) is 12.3. The monoisotopic (exact) mass is 296 g/mol. The first-order chi connectivity index (χ1) is 9.86. The smallest absolute Gasteiger partial charge is 0.324 e. The molecule has 21 heavy (non-hydrogen) atoms. The van der Waals surface area contributed by atoms with Gasteiger partial charge >= 0.3 is 5.69 Å². The van der Waals surface area contributed by atoms with Gasteiger partial charge in [0.15, 0.2) is 0 Å². The Labute approximate surface area is 122 Å². The number of aliphatic hydroxyl groups is 1. The molecule has 1 aromatic heterocycles. The molecule has 116 valence electrons. The van der Waals surface area contributed by atoms with E-state index in [0.717, 1.165) is 0 Å². The van der Waals surface area contributed by atoms with Crippen molar-refractivity contribution in [2.75, 3.05) is 18.9 Å². The number of rotatable bonds is 7. The summed E-state index contributed by atoms with van der Waals surface area (Å²) in [5, 5.41) is 25.6. The van der Waals surface area contributed by atoms with Crippen molar-refractivity contribution in [1.82, 2.24) is 10.3 Å². The van der Waals surface area contributed by atoms with Gasteiger partial charge in [0.05, 0.1) is 11.0 Å². The Morgan fingerprint density at radius 2 is 2.19 bits per heavy atom. The first-order valence-electron chi connectivity index (χ1n) is 6.64. The second-order valence-corrected chi connectivity index (χ2v) is 4.96. The molecule has 0 fully saturated rings. The predicted octanol–water partition coefficient (Wildman–Crippen LogP) is 1.17. The van der Waals surface area contributed by atoms with E-state index in [-0.39, 0.29) is 23.0 Å². The maximum Gasteiger partial charge on any atom is 0.324 e. The van der Waals surface area contributed by atoms with Crippen LogP contribution >= 0.6 is 0 Å². The van der Waals surface area contributed by atoms with Gasteiger partial charge in [0.1, 0.15) is 5.56 Å². The van der Waals surface area contributed by atoms with Gasteiger partial charge in [-0.2, -0.15) is 0 Å². The highest BCUT2D eigenvalue weighted by atomic mass is 16.6. The van der Waals surface area contributed by atoms with E-state index in [4.69, 9.17) is 0 Å². The number of nitro groups is 1. The summed E-state index contributed by atoms with van der Waals surface area (Å²) >= 11 is 0. The summed E-state index contributed by atoms with van der Waals surface area (Å²) < 4.78 is 0.